The number of fused-ring (bicyclic) bond motifs is 1. The van der Waals surface area contributed by atoms with Crippen LogP contribution in [0, 0.1) is 12.7 Å². The van der Waals surface area contributed by atoms with E-state index in [0.717, 1.165) is 16.9 Å². The highest BCUT2D eigenvalue weighted by atomic mass is 19.1. The van der Waals surface area contributed by atoms with Gasteiger partial charge in [0.25, 0.3) is 5.91 Å². The average Bonchev–Trinajstić information content (AvgIpc) is 3.23. The Morgan fingerprint density at radius 2 is 2.16 bits per heavy atom. The van der Waals surface area contributed by atoms with Gasteiger partial charge >= 0.3 is 0 Å². The molecule has 3 aromatic rings. The van der Waals surface area contributed by atoms with E-state index in [2.05, 4.69) is 10.4 Å². The first-order valence-electron chi connectivity index (χ1n) is 7.96. The topological polar surface area (TPSA) is 56.2 Å². The molecule has 1 amide bonds. The maximum atomic E-state index is 13.3. The molecule has 2 aromatic carbocycles. The van der Waals surface area contributed by atoms with E-state index < -0.39 is 0 Å². The maximum absolute atomic E-state index is 13.3. The second-order valence-electron chi connectivity index (χ2n) is 6.00. The van der Waals surface area contributed by atoms with Crippen molar-refractivity contribution in [3.8, 4) is 11.4 Å². The summed E-state index contributed by atoms with van der Waals surface area (Å²) in [6, 6.07) is 13.3. The van der Waals surface area contributed by atoms with Gasteiger partial charge in [0.2, 0.25) is 0 Å². The van der Waals surface area contributed by atoms with Gasteiger partial charge in [-0.1, -0.05) is 23.8 Å². The number of hydrogen-bond acceptors (Lipinski definition) is 3. The molecule has 1 unspecified atom stereocenters. The van der Waals surface area contributed by atoms with Crippen LogP contribution in [0.2, 0.25) is 0 Å². The summed E-state index contributed by atoms with van der Waals surface area (Å²) in [5.74, 6) is 0.147. The number of nitrogens with zero attached hydrogens (tertiary/aromatic N) is 2. The normalized spacial score (nSPS) is 15.5. The molecule has 1 aromatic heterocycles. The fraction of sp³-hybridized carbons (Fsp3) is 0.158. The van der Waals surface area contributed by atoms with E-state index in [4.69, 9.17) is 4.74 Å². The van der Waals surface area contributed by atoms with E-state index in [1.165, 1.54) is 16.8 Å². The molecule has 126 valence electrons. The van der Waals surface area contributed by atoms with Gasteiger partial charge in [0.15, 0.2) is 5.69 Å². The molecule has 1 atom stereocenters. The largest absolute Gasteiger partial charge is 0.491 e. The summed E-state index contributed by atoms with van der Waals surface area (Å²) < 4.78 is 20.4. The molecule has 0 radical (unpaired) electrons. The zero-order valence-electron chi connectivity index (χ0n) is 13.6. The Morgan fingerprint density at radius 1 is 1.28 bits per heavy atom. The summed E-state index contributed by atoms with van der Waals surface area (Å²) in [5, 5.41) is 7.18. The first kappa shape index (κ1) is 15.4. The molecule has 1 aliphatic rings. The monoisotopic (exact) mass is 337 g/mol. The van der Waals surface area contributed by atoms with E-state index in [-0.39, 0.29) is 23.5 Å². The fourth-order valence-electron chi connectivity index (χ4n) is 2.89. The lowest BCUT2D eigenvalue weighted by Gasteiger charge is -2.11. The Hall–Kier alpha value is -3.15. The highest BCUT2D eigenvalue weighted by Crippen LogP contribution is 2.32. The lowest BCUT2D eigenvalue weighted by molar-refractivity contribution is 0.0925. The van der Waals surface area contributed by atoms with E-state index in [0.29, 0.717) is 12.3 Å². The number of hydrogen-bond donors (Lipinski definition) is 1. The van der Waals surface area contributed by atoms with Crippen molar-refractivity contribution in [3.05, 3.63) is 77.4 Å². The number of halogens is 1. The number of carbonyl (C=O) groups is 1. The standard InChI is InChI=1S/C19H16FN3O2/c1-12-5-6-18-15(9-12)17(11-25-18)21-19(24)16-7-8-23(22-16)14-4-2-3-13(20)10-14/h2-10,17H,11H2,1H3,(H,21,24). The van der Waals surface area contributed by atoms with Crippen molar-refractivity contribution in [2.24, 2.45) is 0 Å². The summed E-state index contributed by atoms with van der Waals surface area (Å²) in [6.07, 6.45) is 1.63. The number of rotatable bonds is 3. The molecule has 4 rings (SSSR count). The molecule has 0 fully saturated rings. The number of carbonyl (C=O) groups excluding carboxylic acids is 1. The van der Waals surface area contributed by atoms with Crippen molar-refractivity contribution < 1.29 is 13.9 Å². The van der Waals surface area contributed by atoms with Crippen LogP contribution in [0.4, 0.5) is 4.39 Å². The van der Waals surface area contributed by atoms with Gasteiger partial charge in [0.1, 0.15) is 18.2 Å². The molecular formula is C19H16FN3O2. The van der Waals surface area contributed by atoms with Gasteiger partial charge in [-0.25, -0.2) is 9.07 Å². The Balaban J connectivity index is 1.53. The van der Waals surface area contributed by atoms with Crippen molar-refractivity contribution in [1.29, 1.82) is 0 Å². The summed E-state index contributed by atoms with van der Waals surface area (Å²) in [4.78, 5) is 12.5. The van der Waals surface area contributed by atoms with Crippen LogP contribution in [-0.4, -0.2) is 22.3 Å². The SMILES string of the molecule is Cc1ccc2c(c1)C(NC(=O)c1ccn(-c3cccc(F)c3)n1)CO2. The molecule has 0 spiro atoms. The number of amides is 1. The van der Waals surface area contributed by atoms with Gasteiger partial charge in [-0.05, 0) is 37.3 Å². The van der Waals surface area contributed by atoms with E-state index >= 15 is 0 Å². The van der Waals surface area contributed by atoms with Crippen LogP contribution >= 0.6 is 0 Å². The lowest BCUT2D eigenvalue weighted by atomic mass is 10.1. The zero-order chi connectivity index (χ0) is 17.4. The van der Waals surface area contributed by atoms with Crippen molar-refractivity contribution in [1.82, 2.24) is 15.1 Å². The Labute approximate surface area is 144 Å². The third kappa shape index (κ3) is 2.98. The second kappa shape index (κ2) is 6.05. The number of aromatic nitrogens is 2. The molecule has 0 bridgehead atoms. The average molecular weight is 337 g/mol. The Bertz CT molecular complexity index is 951. The summed E-state index contributed by atoms with van der Waals surface area (Å²) >= 11 is 0. The molecular weight excluding hydrogens is 321 g/mol. The quantitative estimate of drug-likeness (QED) is 0.799. The summed E-state index contributed by atoms with van der Waals surface area (Å²) in [6.45, 7) is 2.40. The van der Waals surface area contributed by atoms with Crippen molar-refractivity contribution in [3.63, 3.8) is 0 Å². The molecule has 1 aliphatic heterocycles. The highest BCUT2D eigenvalue weighted by molar-refractivity contribution is 5.92. The minimum Gasteiger partial charge on any atom is -0.491 e. The van der Waals surface area contributed by atoms with Crippen LogP contribution in [0.25, 0.3) is 5.69 Å². The molecule has 25 heavy (non-hydrogen) atoms. The van der Waals surface area contributed by atoms with Crippen LogP contribution in [0.3, 0.4) is 0 Å². The molecule has 0 saturated carbocycles. The zero-order valence-corrected chi connectivity index (χ0v) is 13.6. The van der Waals surface area contributed by atoms with E-state index in [1.54, 1.807) is 24.4 Å². The van der Waals surface area contributed by atoms with E-state index in [9.17, 15) is 9.18 Å². The third-order valence-electron chi connectivity index (χ3n) is 4.15. The summed E-state index contributed by atoms with van der Waals surface area (Å²) in [7, 11) is 0. The first-order chi connectivity index (χ1) is 12.1. The predicted molar refractivity (Wildman–Crippen MR) is 90.4 cm³/mol. The number of benzene rings is 2. The van der Waals surface area contributed by atoms with Crippen molar-refractivity contribution in [2.75, 3.05) is 6.61 Å². The second-order valence-corrected chi connectivity index (χ2v) is 6.00. The predicted octanol–water partition coefficient (Wildman–Crippen LogP) is 3.18. The third-order valence-corrected chi connectivity index (χ3v) is 4.15. The molecule has 1 N–H and O–H groups in total. The fourth-order valence-corrected chi connectivity index (χ4v) is 2.89. The van der Waals surface area contributed by atoms with E-state index in [1.807, 2.05) is 25.1 Å². The first-order valence-corrected chi connectivity index (χ1v) is 7.96. The molecule has 2 heterocycles. The van der Waals surface area contributed by atoms with Gasteiger partial charge in [-0.2, -0.15) is 5.10 Å². The van der Waals surface area contributed by atoms with Gasteiger partial charge in [-0.3, -0.25) is 4.79 Å². The Kier molecular flexibility index (Phi) is 3.72. The minimum absolute atomic E-state index is 0.207. The molecule has 6 heteroatoms. The smallest absolute Gasteiger partial charge is 0.272 e. The number of aryl methyl sites for hydroxylation is 1. The van der Waals surface area contributed by atoms with Crippen molar-refractivity contribution >= 4 is 5.91 Å². The highest BCUT2D eigenvalue weighted by Gasteiger charge is 2.26. The number of nitrogens with one attached hydrogen (secondary N) is 1. The van der Waals surface area contributed by atoms with Crippen LogP contribution in [-0.2, 0) is 0 Å². The molecule has 5 nitrogen and oxygen atoms in total. The van der Waals surface area contributed by atoms with Crippen LogP contribution < -0.4 is 10.1 Å². The molecule has 0 aliphatic carbocycles. The van der Waals surface area contributed by atoms with Gasteiger partial charge in [0.05, 0.1) is 11.7 Å². The van der Waals surface area contributed by atoms with Crippen LogP contribution in [0.1, 0.15) is 27.7 Å². The summed E-state index contributed by atoms with van der Waals surface area (Å²) in [5.41, 5.74) is 2.91. The lowest BCUT2D eigenvalue weighted by Crippen LogP contribution is -2.29. The van der Waals surface area contributed by atoms with Crippen LogP contribution in [0.5, 0.6) is 5.75 Å². The minimum atomic E-state index is -0.353. The van der Waals surface area contributed by atoms with Gasteiger partial charge in [-0.15, -0.1) is 0 Å². The van der Waals surface area contributed by atoms with Gasteiger partial charge in [0, 0.05) is 11.8 Å². The van der Waals surface area contributed by atoms with Crippen LogP contribution in [0.15, 0.2) is 54.7 Å². The Morgan fingerprint density at radius 3 is 3.00 bits per heavy atom. The molecule has 0 saturated heterocycles. The number of ether oxygens (including phenoxy) is 1. The van der Waals surface area contributed by atoms with Crippen molar-refractivity contribution in [2.45, 2.75) is 13.0 Å². The maximum Gasteiger partial charge on any atom is 0.272 e. The van der Waals surface area contributed by atoms with Gasteiger partial charge < -0.3 is 10.1 Å².